The topological polar surface area (TPSA) is 73.5 Å². The van der Waals surface area contributed by atoms with Crippen molar-refractivity contribution in [2.75, 3.05) is 6.61 Å². The maximum atomic E-state index is 9.03. The van der Waals surface area contributed by atoms with Crippen LogP contribution in [0.25, 0.3) is 0 Å². The molecule has 0 radical (unpaired) electrons. The van der Waals surface area contributed by atoms with E-state index < -0.39 is 12.2 Å². The van der Waals surface area contributed by atoms with Gasteiger partial charge in [-0.15, -0.1) is 0 Å². The van der Waals surface area contributed by atoms with Gasteiger partial charge in [-0.3, -0.25) is 0 Å². The Labute approximate surface area is 58.7 Å². The second-order valence-electron chi connectivity index (χ2n) is 2.29. The number of hydrogen-bond acceptors (Lipinski definition) is 4. The lowest BCUT2D eigenvalue weighted by molar-refractivity contribution is 0.0186. The summed E-state index contributed by atoms with van der Waals surface area (Å²) < 4.78 is 4.91. The first-order valence-corrected chi connectivity index (χ1v) is 3.12. The Balaban J connectivity index is 2.46. The zero-order valence-corrected chi connectivity index (χ0v) is 5.40. The lowest BCUT2D eigenvalue weighted by Gasteiger charge is -2.03. The normalized spacial score (nSPS) is 39.5. The average Bonchev–Trinajstić information content (AvgIpc) is 2.30. The van der Waals surface area contributed by atoms with Gasteiger partial charge < -0.3 is 14.9 Å². The van der Waals surface area contributed by atoms with Crippen molar-refractivity contribution in [3.63, 3.8) is 0 Å². The Bertz CT molecular complexity index is 154. The van der Waals surface area contributed by atoms with Gasteiger partial charge >= 0.3 is 0 Å². The molecule has 0 bridgehead atoms. The van der Waals surface area contributed by atoms with E-state index in [0.717, 1.165) is 0 Å². The summed E-state index contributed by atoms with van der Waals surface area (Å²) in [6.07, 6.45) is -1.49. The van der Waals surface area contributed by atoms with Crippen LogP contribution in [-0.4, -0.2) is 35.1 Å². The molecular formula is C6H9NO3. The number of nitriles is 1. The lowest BCUT2D eigenvalue weighted by atomic mass is 10.1. The van der Waals surface area contributed by atoms with Crippen LogP contribution in [0, 0.1) is 11.3 Å². The standard InChI is InChI=1S/C6H9NO3/c7-2-6-5(9)1-4(3-8)10-6/h4-6,8-9H,1,3H2. The summed E-state index contributed by atoms with van der Waals surface area (Å²) in [5.74, 6) is 0. The Morgan fingerprint density at radius 1 is 1.70 bits per heavy atom. The molecule has 3 unspecified atom stereocenters. The van der Waals surface area contributed by atoms with Gasteiger partial charge in [0.05, 0.1) is 24.9 Å². The minimum atomic E-state index is -0.753. The van der Waals surface area contributed by atoms with Crippen molar-refractivity contribution >= 4 is 0 Å². The first kappa shape index (κ1) is 7.48. The lowest BCUT2D eigenvalue weighted by Crippen LogP contribution is -2.17. The van der Waals surface area contributed by atoms with E-state index in [1.54, 1.807) is 6.07 Å². The fourth-order valence-electron chi connectivity index (χ4n) is 0.981. The molecule has 0 amide bonds. The summed E-state index contributed by atoms with van der Waals surface area (Å²) in [6.45, 7) is -0.130. The molecule has 4 heteroatoms. The van der Waals surface area contributed by atoms with Crippen molar-refractivity contribution in [2.24, 2.45) is 0 Å². The molecule has 1 aliphatic rings. The van der Waals surface area contributed by atoms with Crippen molar-refractivity contribution in [3.05, 3.63) is 0 Å². The summed E-state index contributed by atoms with van der Waals surface area (Å²) in [4.78, 5) is 0. The predicted molar refractivity (Wildman–Crippen MR) is 32.0 cm³/mol. The van der Waals surface area contributed by atoms with E-state index in [9.17, 15) is 0 Å². The Morgan fingerprint density at radius 2 is 2.40 bits per heavy atom. The van der Waals surface area contributed by atoms with E-state index >= 15 is 0 Å². The van der Waals surface area contributed by atoms with Crippen molar-refractivity contribution in [1.82, 2.24) is 0 Å². The van der Waals surface area contributed by atoms with Gasteiger partial charge in [0, 0.05) is 6.42 Å². The van der Waals surface area contributed by atoms with Crippen LogP contribution in [0.3, 0.4) is 0 Å². The third-order valence-electron chi connectivity index (χ3n) is 1.52. The van der Waals surface area contributed by atoms with E-state index in [1.807, 2.05) is 0 Å². The van der Waals surface area contributed by atoms with Crippen LogP contribution in [0.1, 0.15) is 6.42 Å². The summed E-state index contributed by atoms with van der Waals surface area (Å²) in [5, 5.41) is 25.9. The van der Waals surface area contributed by atoms with Gasteiger partial charge in [0.15, 0.2) is 6.10 Å². The highest BCUT2D eigenvalue weighted by Gasteiger charge is 2.33. The molecule has 1 saturated heterocycles. The molecular weight excluding hydrogens is 134 g/mol. The third kappa shape index (κ3) is 1.27. The van der Waals surface area contributed by atoms with Crippen molar-refractivity contribution < 1.29 is 14.9 Å². The van der Waals surface area contributed by atoms with Gasteiger partial charge in [-0.05, 0) is 0 Å². The molecule has 1 rings (SSSR count). The van der Waals surface area contributed by atoms with Crippen molar-refractivity contribution in [1.29, 1.82) is 5.26 Å². The van der Waals surface area contributed by atoms with Crippen molar-refractivity contribution in [3.8, 4) is 6.07 Å². The molecule has 0 aromatic heterocycles. The average molecular weight is 143 g/mol. The molecule has 3 atom stereocenters. The van der Waals surface area contributed by atoms with Gasteiger partial charge in [-0.25, -0.2) is 0 Å². The van der Waals surface area contributed by atoms with Crippen molar-refractivity contribution in [2.45, 2.75) is 24.7 Å². The molecule has 0 saturated carbocycles. The molecule has 0 aromatic rings. The molecule has 1 fully saturated rings. The molecule has 0 aromatic carbocycles. The highest BCUT2D eigenvalue weighted by atomic mass is 16.5. The quantitative estimate of drug-likeness (QED) is 0.495. The van der Waals surface area contributed by atoms with Gasteiger partial charge in [-0.2, -0.15) is 5.26 Å². The molecule has 10 heavy (non-hydrogen) atoms. The summed E-state index contributed by atoms with van der Waals surface area (Å²) in [6, 6.07) is 1.79. The Morgan fingerprint density at radius 3 is 2.70 bits per heavy atom. The highest BCUT2D eigenvalue weighted by molar-refractivity contribution is 4.96. The van der Waals surface area contributed by atoms with E-state index in [4.69, 9.17) is 20.2 Å². The Hall–Kier alpha value is -0.630. The smallest absolute Gasteiger partial charge is 0.170 e. The largest absolute Gasteiger partial charge is 0.394 e. The van der Waals surface area contributed by atoms with Crippen LogP contribution in [0.15, 0.2) is 0 Å². The van der Waals surface area contributed by atoms with Gasteiger partial charge in [0.2, 0.25) is 0 Å². The molecule has 0 spiro atoms. The van der Waals surface area contributed by atoms with Crippen LogP contribution in [-0.2, 0) is 4.74 Å². The molecule has 1 heterocycles. The minimum absolute atomic E-state index is 0.130. The zero-order chi connectivity index (χ0) is 7.56. The fourth-order valence-corrected chi connectivity index (χ4v) is 0.981. The number of rotatable bonds is 1. The van der Waals surface area contributed by atoms with Gasteiger partial charge in [-0.1, -0.05) is 0 Å². The first-order chi connectivity index (χ1) is 4.77. The minimum Gasteiger partial charge on any atom is -0.394 e. The van der Waals surface area contributed by atoms with E-state index in [2.05, 4.69) is 0 Å². The Kier molecular flexibility index (Phi) is 2.22. The molecule has 2 N–H and O–H groups in total. The fraction of sp³-hybridized carbons (Fsp3) is 0.833. The number of aliphatic hydroxyl groups is 2. The molecule has 0 aliphatic carbocycles. The monoisotopic (exact) mass is 143 g/mol. The maximum Gasteiger partial charge on any atom is 0.170 e. The highest BCUT2D eigenvalue weighted by Crippen LogP contribution is 2.18. The zero-order valence-electron chi connectivity index (χ0n) is 5.40. The van der Waals surface area contributed by atoms with Crippen LogP contribution < -0.4 is 0 Å². The second kappa shape index (κ2) is 2.97. The summed E-state index contributed by atoms with van der Waals surface area (Å²) >= 11 is 0. The molecule has 4 nitrogen and oxygen atoms in total. The summed E-state index contributed by atoms with van der Waals surface area (Å²) in [7, 11) is 0. The summed E-state index contributed by atoms with van der Waals surface area (Å²) in [5.41, 5.74) is 0. The van der Waals surface area contributed by atoms with Crippen LogP contribution in [0.2, 0.25) is 0 Å². The van der Waals surface area contributed by atoms with E-state index in [1.165, 1.54) is 0 Å². The predicted octanol–water partition coefficient (Wildman–Crippen LogP) is -0.979. The number of aliphatic hydroxyl groups excluding tert-OH is 2. The first-order valence-electron chi connectivity index (χ1n) is 3.12. The van der Waals surface area contributed by atoms with Gasteiger partial charge in [0.25, 0.3) is 0 Å². The molecule has 1 aliphatic heterocycles. The number of nitrogens with zero attached hydrogens (tertiary/aromatic N) is 1. The van der Waals surface area contributed by atoms with E-state index in [0.29, 0.717) is 6.42 Å². The number of ether oxygens (including phenoxy) is 1. The third-order valence-corrected chi connectivity index (χ3v) is 1.52. The van der Waals surface area contributed by atoms with Crippen LogP contribution in [0.4, 0.5) is 0 Å². The van der Waals surface area contributed by atoms with Gasteiger partial charge in [0.1, 0.15) is 0 Å². The second-order valence-corrected chi connectivity index (χ2v) is 2.29. The molecule has 56 valence electrons. The van der Waals surface area contributed by atoms with E-state index in [-0.39, 0.29) is 12.7 Å². The van der Waals surface area contributed by atoms with Crippen LogP contribution >= 0.6 is 0 Å². The SMILES string of the molecule is N#CC1OC(CO)CC1O. The van der Waals surface area contributed by atoms with Crippen LogP contribution in [0.5, 0.6) is 0 Å². The number of hydrogen-bond donors (Lipinski definition) is 2. The maximum absolute atomic E-state index is 9.03.